The summed E-state index contributed by atoms with van der Waals surface area (Å²) in [7, 11) is 0. The van der Waals surface area contributed by atoms with Crippen LogP contribution in [0.2, 0.25) is 0 Å². The van der Waals surface area contributed by atoms with E-state index in [9.17, 15) is 4.79 Å². The van der Waals surface area contributed by atoms with Crippen molar-refractivity contribution in [1.29, 1.82) is 0 Å². The number of carbonyl (C=O) groups is 1. The average molecular weight is 158 g/mol. The predicted molar refractivity (Wildman–Crippen MR) is 42.1 cm³/mol. The summed E-state index contributed by atoms with van der Waals surface area (Å²) in [4.78, 5) is 10.8. The molecule has 0 amide bonds. The Morgan fingerprint density at radius 2 is 2.27 bits per heavy atom. The van der Waals surface area contributed by atoms with Crippen molar-refractivity contribution in [2.75, 3.05) is 6.61 Å². The second kappa shape index (κ2) is 4.91. The van der Waals surface area contributed by atoms with Crippen molar-refractivity contribution in [3.8, 4) is 0 Å². The molecule has 0 aliphatic rings. The number of hydrogen-bond donors (Lipinski definition) is 1. The maximum atomic E-state index is 10.8. The molecule has 0 aliphatic heterocycles. The number of rotatable bonds is 4. The molecule has 0 aliphatic carbocycles. The Morgan fingerprint density at radius 3 is 2.64 bits per heavy atom. The second-order valence-electron chi connectivity index (χ2n) is 2.38. The van der Waals surface area contributed by atoms with Gasteiger partial charge >= 0.3 is 5.97 Å². The maximum absolute atomic E-state index is 10.8. The zero-order valence-electron chi connectivity index (χ0n) is 6.96. The molecule has 0 saturated heterocycles. The van der Waals surface area contributed by atoms with E-state index in [0.717, 1.165) is 0 Å². The van der Waals surface area contributed by atoms with Gasteiger partial charge in [0.1, 0.15) is 0 Å². The van der Waals surface area contributed by atoms with Crippen LogP contribution in [0.3, 0.4) is 0 Å². The van der Waals surface area contributed by atoms with Gasteiger partial charge < -0.3 is 9.84 Å². The van der Waals surface area contributed by atoms with Crippen LogP contribution in [0.15, 0.2) is 12.2 Å². The molecular formula is C8H14O3. The number of aliphatic hydroxyl groups is 1. The van der Waals surface area contributed by atoms with Gasteiger partial charge in [0.15, 0.2) is 0 Å². The zero-order valence-corrected chi connectivity index (χ0v) is 6.96. The SMILES string of the molecule is C=C(C[C@@H](C)O)C(=O)OCC. The van der Waals surface area contributed by atoms with Gasteiger partial charge in [-0.05, 0) is 13.8 Å². The third-order valence-corrected chi connectivity index (χ3v) is 1.11. The minimum absolute atomic E-state index is 0.277. The lowest BCUT2D eigenvalue weighted by Crippen LogP contribution is -2.11. The normalized spacial score (nSPS) is 12.3. The summed E-state index contributed by atoms with van der Waals surface area (Å²) in [6.45, 7) is 7.16. The molecule has 0 aromatic heterocycles. The summed E-state index contributed by atoms with van der Waals surface area (Å²) in [5, 5.41) is 8.87. The van der Waals surface area contributed by atoms with Gasteiger partial charge in [0, 0.05) is 12.0 Å². The first-order chi connectivity index (χ1) is 5.07. The smallest absolute Gasteiger partial charge is 0.333 e. The molecule has 0 bridgehead atoms. The summed E-state index contributed by atoms with van der Waals surface area (Å²) >= 11 is 0. The van der Waals surface area contributed by atoms with Gasteiger partial charge in [-0.15, -0.1) is 0 Å². The van der Waals surface area contributed by atoms with E-state index < -0.39 is 12.1 Å². The molecule has 1 N–H and O–H groups in total. The van der Waals surface area contributed by atoms with Crippen LogP contribution in [0, 0.1) is 0 Å². The van der Waals surface area contributed by atoms with Crippen LogP contribution in [-0.2, 0) is 9.53 Å². The number of hydrogen-bond acceptors (Lipinski definition) is 3. The highest BCUT2D eigenvalue weighted by molar-refractivity contribution is 5.87. The first kappa shape index (κ1) is 10.2. The van der Waals surface area contributed by atoms with Crippen LogP contribution in [0.25, 0.3) is 0 Å². The molecule has 3 nitrogen and oxygen atoms in total. The van der Waals surface area contributed by atoms with Gasteiger partial charge in [0.2, 0.25) is 0 Å². The summed E-state index contributed by atoms with van der Waals surface area (Å²) in [5.41, 5.74) is 0.321. The summed E-state index contributed by atoms with van der Waals surface area (Å²) in [5.74, 6) is -0.423. The number of carbonyl (C=O) groups excluding carboxylic acids is 1. The van der Waals surface area contributed by atoms with Crippen molar-refractivity contribution in [2.24, 2.45) is 0 Å². The first-order valence-corrected chi connectivity index (χ1v) is 3.60. The van der Waals surface area contributed by atoms with Gasteiger partial charge in [0.25, 0.3) is 0 Å². The number of ether oxygens (including phenoxy) is 1. The van der Waals surface area contributed by atoms with Gasteiger partial charge in [0.05, 0.1) is 12.7 Å². The highest BCUT2D eigenvalue weighted by Crippen LogP contribution is 2.04. The largest absolute Gasteiger partial charge is 0.463 e. The van der Waals surface area contributed by atoms with Crippen molar-refractivity contribution in [3.05, 3.63) is 12.2 Å². The molecule has 11 heavy (non-hydrogen) atoms. The van der Waals surface area contributed by atoms with E-state index in [1.54, 1.807) is 13.8 Å². The van der Waals surface area contributed by atoms with Crippen LogP contribution >= 0.6 is 0 Å². The van der Waals surface area contributed by atoms with Gasteiger partial charge in [-0.3, -0.25) is 0 Å². The lowest BCUT2D eigenvalue weighted by molar-refractivity contribution is -0.138. The minimum Gasteiger partial charge on any atom is -0.463 e. The molecule has 0 radical (unpaired) electrons. The molecule has 64 valence electrons. The highest BCUT2D eigenvalue weighted by Gasteiger charge is 2.09. The fourth-order valence-corrected chi connectivity index (χ4v) is 0.673. The standard InChI is InChI=1S/C8H14O3/c1-4-11-8(10)6(2)5-7(3)9/h7,9H,2,4-5H2,1,3H3/t7-/m1/s1. The Morgan fingerprint density at radius 1 is 1.73 bits per heavy atom. The molecule has 0 spiro atoms. The number of esters is 1. The maximum Gasteiger partial charge on any atom is 0.333 e. The minimum atomic E-state index is -0.535. The quantitative estimate of drug-likeness (QED) is 0.488. The van der Waals surface area contributed by atoms with E-state index in [0.29, 0.717) is 12.2 Å². The number of aliphatic hydroxyl groups excluding tert-OH is 1. The zero-order chi connectivity index (χ0) is 8.85. The van der Waals surface area contributed by atoms with Crippen LogP contribution in [-0.4, -0.2) is 23.8 Å². The van der Waals surface area contributed by atoms with E-state index in [1.807, 2.05) is 0 Å². The molecular weight excluding hydrogens is 144 g/mol. The lowest BCUT2D eigenvalue weighted by Gasteiger charge is -2.06. The van der Waals surface area contributed by atoms with Crippen LogP contribution in [0.1, 0.15) is 20.3 Å². The third kappa shape index (κ3) is 4.56. The molecule has 1 atom stereocenters. The van der Waals surface area contributed by atoms with E-state index in [-0.39, 0.29) is 6.42 Å². The van der Waals surface area contributed by atoms with E-state index in [2.05, 4.69) is 11.3 Å². The molecule has 0 rings (SSSR count). The van der Waals surface area contributed by atoms with Crippen molar-refractivity contribution >= 4 is 5.97 Å². The van der Waals surface area contributed by atoms with Crippen molar-refractivity contribution in [3.63, 3.8) is 0 Å². The Kier molecular flexibility index (Phi) is 4.54. The highest BCUT2D eigenvalue weighted by atomic mass is 16.5. The predicted octanol–water partition coefficient (Wildman–Crippen LogP) is 0.877. The van der Waals surface area contributed by atoms with E-state index >= 15 is 0 Å². The molecule has 3 heteroatoms. The van der Waals surface area contributed by atoms with Gasteiger partial charge in [-0.25, -0.2) is 4.79 Å². The second-order valence-corrected chi connectivity index (χ2v) is 2.38. The lowest BCUT2D eigenvalue weighted by atomic mass is 10.1. The van der Waals surface area contributed by atoms with Crippen LogP contribution < -0.4 is 0 Å². The average Bonchev–Trinajstić information content (AvgIpc) is 1.86. The third-order valence-electron chi connectivity index (χ3n) is 1.11. The van der Waals surface area contributed by atoms with Crippen molar-refractivity contribution in [2.45, 2.75) is 26.4 Å². The monoisotopic (exact) mass is 158 g/mol. The van der Waals surface area contributed by atoms with Crippen LogP contribution in [0.4, 0.5) is 0 Å². The molecule has 0 aromatic rings. The Labute approximate surface area is 66.7 Å². The molecule has 0 heterocycles. The molecule has 0 saturated carbocycles. The van der Waals surface area contributed by atoms with E-state index in [1.165, 1.54) is 0 Å². The van der Waals surface area contributed by atoms with Crippen molar-refractivity contribution in [1.82, 2.24) is 0 Å². The fraction of sp³-hybridized carbons (Fsp3) is 0.625. The fourth-order valence-electron chi connectivity index (χ4n) is 0.673. The van der Waals surface area contributed by atoms with Gasteiger partial charge in [-0.1, -0.05) is 6.58 Å². The Hall–Kier alpha value is -0.830. The van der Waals surface area contributed by atoms with Gasteiger partial charge in [-0.2, -0.15) is 0 Å². The summed E-state index contributed by atoms with van der Waals surface area (Å²) in [6.07, 6.45) is -0.259. The Bertz CT molecular complexity index is 149. The molecule has 0 unspecified atom stereocenters. The summed E-state index contributed by atoms with van der Waals surface area (Å²) < 4.78 is 4.65. The topological polar surface area (TPSA) is 46.5 Å². The summed E-state index contributed by atoms with van der Waals surface area (Å²) in [6, 6.07) is 0. The molecule has 0 fully saturated rings. The Balaban J connectivity index is 3.74. The van der Waals surface area contributed by atoms with Crippen molar-refractivity contribution < 1.29 is 14.6 Å². The first-order valence-electron chi connectivity index (χ1n) is 3.60. The van der Waals surface area contributed by atoms with E-state index in [4.69, 9.17) is 5.11 Å². The molecule has 0 aromatic carbocycles. The van der Waals surface area contributed by atoms with Crippen LogP contribution in [0.5, 0.6) is 0 Å².